The van der Waals surface area contributed by atoms with Crippen LogP contribution in [0, 0.1) is 11.8 Å². The van der Waals surface area contributed by atoms with E-state index in [1.807, 2.05) is 24.3 Å². The fourth-order valence-electron chi connectivity index (χ4n) is 2.88. The van der Waals surface area contributed by atoms with Gasteiger partial charge >= 0.3 is 0 Å². The normalized spacial score (nSPS) is 26.9. The van der Waals surface area contributed by atoms with Crippen LogP contribution >= 0.6 is 0 Å². The molecule has 108 valence electrons. The fourth-order valence-corrected chi connectivity index (χ4v) is 2.88. The van der Waals surface area contributed by atoms with Crippen molar-refractivity contribution in [3.8, 4) is 5.75 Å². The molecule has 1 aromatic carbocycles. The van der Waals surface area contributed by atoms with Crippen molar-refractivity contribution in [2.24, 2.45) is 11.8 Å². The Morgan fingerprint density at radius 1 is 1.40 bits per heavy atom. The zero-order chi connectivity index (χ0) is 13.9. The minimum absolute atomic E-state index is 0.0210. The number of carbonyl (C=O) groups excluding carboxylic acids is 1. The first-order valence-electron chi connectivity index (χ1n) is 6.98. The van der Waals surface area contributed by atoms with Gasteiger partial charge in [0.15, 0.2) is 0 Å². The van der Waals surface area contributed by atoms with Gasteiger partial charge in [0.25, 0.3) is 0 Å². The summed E-state index contributed by atoms with van der Waals surface area (Å²) in [5.74, 6) is 2.05. The predicted molar refractivity (Wildman–Crippen MR) is 74.4 cm³/mol. The van der Waals surface area contributed by atoms with Crippen LogP contribution < -0.4 is 15.4 Å². The monoisotopic (exact) mass is 276 g/mol. The van der Waals surface area contributed by atoms with Gasteiger partial charge < -0.3 is 20.1 Å². The smallest absolute Gasteiger partial charge is 0.246 e. The van der Waals surface area contributed by atoms with E-state index in [0.717, 1.165) is 24.4 Å². The molecule has 0 radical (unpaired) electrons. The van der Waals surface area contributed by atoms with Crippen LogP contribution in [0.3, 0.4) is 0 Å². The van der Waals surface area contributed by atoms with Gasteiger partial charge in [0, 0.05) is 19.1 Å². The number of benzene rings is 1. The lowest BCUT2D eigenvalue weighted by Gasteiger charge is -2.09. The van der Waals surface area contributed by atoms with E-state index >= 15 is 0 Å². The standard InChI is InChI=1S/C15H20N2O3/c1-19-11-4-2-3-10(5-11)8-20-9-14(18)17-15-12-6-16-7-13(12)15/h2-5,12-13,15-16H,6-9H2,1H3,(H,17,18)/t12-,13+,15?. The molecule has 0 spiro atoms. The molecule has 1 aromatic rings. The van der Waals surface area contributed by atoms with Gasteiger partial charge in [-0.1, -0.05) is 12.1 Å². The highest BCUT2D eigenvalue weighted by molar-refractivity contribution is 5.78. The molecule has 0 aromatic heterocycles. The highest BCUT2D eigenvalue weighted by atomic mass is 16.5. The molecule has 3 rings (SSSR count). The number of hydrogen-bond donors (Lipinski definition) is 2. The summed E-state index contributed by atoms with van der Waals surface area (Å²) in [6.07, 6.45) is 0. The molecule has 5 heteroatoms. The summed E-state index contributed by atoms with van der Waals surface area (Å²) in [7, 11) is 1.63. The molecule has 0 bridgehead atoms. The summed E-state index contributed by atoms with van der Waals surface area (Å²) in [5, 5.41) is 6.34. The Bertz CT molecular complexity index is 482. The molecule has 2 N–H and O–H groups in total. The molecule has 5 nitrogen and oxygen atoms in total. The number of hydrogen-bond acceptors (Lipinski definition) is 4. The Hall–Kier alpha value is -1.59. The number of fused-ring (bicyclic) bond motifs is 1. The Morgan fingerprint density at radius 3 is 2.95 bits per heavy atom. The lowest BCUT2D eigenvalue weighted by molar-refractivity contribution is -0.126. The Labute approximate surface area is 118 Å². The molecular formula is C15H20N2O3. The lowest BCUT2D eigenvalue weighted by Crippen LogP contribution is -2.34. The summed E-state index contributed by atoms with van der Waals surface area (Å²) in [5.41, 5.74) is 1.00. The number of methoxy groups -OCH3 is 1. The van der Waals surface area contributed by atoms with E-state index in [1.54, 1.807) is 7.11 Å². The minimum atomic E-state index is -0.0210. The summed E-state index contributed by atoms with van der Waals surface area (Å²) in [4.78, 5) is 11.8. The first kappa shape index (κ1) is 13.4. The molecule has 1 amide bonds. The van der Waals surface area contributed by atoms with E-state index in [9.17, 15) is 4.79 Å². The summed E-state index contributed by atoms with van der Waals surface area (Å²) < 4.78 is 10.6. The van der Waals surface area contributed by atoms with Crippen LogP contribution in [0.2, 0.25) is 0 Å². The van der Waals surface area contributed by atoms with Gasteiger partial charge in [-0.15, -0.1) is 0 Å². The van der Waals surface area contributed by atoms with Crippen molar-refractivity contribution >= 4 is 5.91 Å². The van der Waals surface area contributed by atoms with E-state index in [0.29, 0.717) is 24.5 Å². The van der Waals surface area contributed by atoms with E-state index in [4.69, 9.17) is 9.47 Å². The average molecular weight is 276 g/mol. The average Bonchev–Trinajstić information content (AvgIpc) is 2.89. The topological polar surface area (TPSA) is 59.6 Å². The number of piperidine rings is 1. The molecular weight excluding hydrogens is 256 g/mol. The number of rotatable bonds is 6. The van der Waals surface area contributed by atoms with Gasteiger partial charge in [-0.25, -0.2) is 0 Å². The van der Waals surface area contributed by atoms with Crippen molar-refractivity contribution in [3.05, 3.63) is 29.8 Å². The van der Waals surface area contributed by atoms with Crippen molar-refractivity contribution in [1.82, 2.24) is 10.6 Å². The SMILES string of the molecule is COc1cccc(COCC(=O)NC2[C@H]3CNC[C@@H]23)c1. The highest BCUT2D eigenvalue weighted by Crippen LogP contribution is 2.41. The van der Waals surface area contributed by atoms with Crippen LogP contribution in [0.4, 0.5) is 0 Å². The molecule has 1 unspecified atom stereocenters. The van der Waals surface area contributed by atoms with Crippen molar-refractivity contribution < 1.29 is 14.3 Å². The van der Waals surface area contributed by atoms with Crippen LogP contribution in [0.25, 0.3) is 0 Å². The first-order chi connectivity index (χ1) is 9.78. The maximum atomic E-state index is 11.8. The Morgan fingerprint density at radius 2 is 2.20 bits per heavy atom. The third kappa shape index (κ3) is 2.94. The van der Waals surface area contributed by atoms with Crippen LogP contribution in [-0.2, 0) is 16.1 Å². The van der Waals surface area contributed by atoms with E-state index in [-0.39, 0.29) is 12.5 Å². The molecule has 1 saturated carbocycles. The summed E-state index contributed by atoms with van der Waals surface area (Å²) in [6.45, 7) is 2.59. The second-order valence-electron chi connectivity index (χ2n) is 5.42. The molecule has 3 atom stereocenters. The second kappa shape index (κ2) is 5.81. The van der Waals surface area contributed by atoms with Crippen LogP contribution in [0.5, 0.6) is 5.75 Å². The highest BCUT2D eigenvalue weighted by Gasteiger charge is 2.53. The van der Waals surface area contributed by atoms with Gasteiger partial charge in [0.2, 0.25) is 5.91 Å². The van der Waals surface area contributed by atoms with Crippen LogP contribution in [0.1, 0.15) is 5.56 Å². The third-order valence-electron chi connectivity index (χ3n) is 4.06. The first-order valence-corrected chi connectivity index (χ1v) is 6.98. The fraction of sp³-hybridized carbons (Fsp3) is 0.533. The maximum absolute atomic E-state index is 11.8. The van der Waals surface area contributed by atoms with Crippen LogP contribution in [-0.4, -0.2) is 38.8 Å². The zero-order valence-corrected chi connectivity index (χ0v) is 11.6. The molecule has 1 saturated heterocycles. The largest absolute Gasteiger partial charge is 0.497 e. The van der Waals surface area contributed by atoms with E-state index < -0.39 is 0 Å². The van der Waals surface area contributed by atoms with E-state index in [1.165, 1.54) is 0 Å². The number of amides is 1. The lowest BCUT2D eigenvalue weighted by atomic mass is 10.2. The zero-order valence-electron chi connectivity index (χ0n) is 11.6. The molecule has 1 heterocycles. The Kier molecular flexibility index (Phi) is 3.89. The summed E-state index contributed by atoms with van der Waals surface area (Å²) >= 11 is 0. The van der Waals surface area contributed by atoms with E-state index in [2.05, 4.69) is 10.6 Å². The molecule has 2 fully saturated rings. The van der Waals surface area contributed by atoms with Crippen molar-refractivity contribution in [1.29, 1.82) is 0 Å². The molecule has 20 heavy (non-hydrogen) atoms. The van der Waals surface area contributed by atoms with Crippen molar-refractivity contribution in [2.75, 3.05) is 26.8 Å². The number of carbonyl (C=O) groups is 1. The Balaban J connectivity index is 1.37. The molecule has 1 aliphatic carbocycles. The van der Waals surface area contributed by atoms with Crippen molar-refractivity contribution in [2.45, 2.75) is 12.6 Å². The summed E-state index contributed by atoms with van der Waals surface area (Å²) in [6, 6.07) is 8.03. The maximum Gasteiger partial charge on any atom is 0.246 e. The second-order valence-corrected chi connectivity index (χ2v) is 5.42. The molecule has 1 aliphatic heterocycles. The van der Waals surface area contributed by atoms with Crippen LogP contribution in [0.15, 0.2) is 24.3 Å². The van der Waals surface area contributed by atoms with Gasteiger partial charge in [-0.2, -0.15) is 0 Å². The van der Waals surface area contributed by atoms with Gasteiger partial charge in [-0.3, -0.25) is 4.79 Å². The van der Waals surface area contributed by atoms with Crippen molar-refractivity contribution in [3.63, 3.8) is 0 Å². The van der Waals surface area contributed by atoms with Gasteiger partial charge in [0.05, 0.1) is 13.7 Å². The predicted octanol–water partition coefficient (Wildman–Crippen LogP) is 0.546. The van der Waals surface area contributed by atoms with Gasteiger partial charge in [-0.05, 0) is 29.5 Å². The minimum Gasteiger partial charge on any atom is -0.497 e. The van der Waals surface area contributed by atoms with Gasteiger partial charge in [0.1, 0.15) is 12.4 Å². The third-order valence-corrected chi connectivity index (χ3v) is 4.06. The number of nitrogens with one attached hydrogen (secondary N) is 2. The quantitative estimate of drug-likeness (QED) is 0.796. The number of ether oxygens (including phenoxy) is 2. The molecule has 2 aliphatic rings.